The molecule has 0 aliphatic rings. The maximum atomic E-state index is 11.7. The Labute approximate surface area is 82.9 Å². The fraction of sp³-hybridized carbons (Fsp3) is 0.917. The van der Waals surface area contributed by atoms with E-state index in [0.29, 0.717) is 5.78 Å². The van der Waals surface area contributed by atoms with Gasteiger partial charge in [-0.2, -0.15) is 0 Å². The van der Waals surface area contributed by atoms with Crippen LogP contribution in [0.2, 0.25) is 0 Å². The topological polar surface area (TPSA) is 17.1 Å². The van der Waals surface area contributed by atoms with Gasteiger partial charge in [0.05, 0.1) is 0 Å². The van der Waals surface area contributed by atoms with E-state index < -0.39 is 0 Å². The molecule has 0 N–H and O–H groups in total. The molecule has 0 rings (SSSR count). The first-order valence-electron chi connectivity index (χ1n) is 5.43. The summed E-state index contributed by atoms with van der Waals surface area (Å²) in [5.41, 5.74) is -0.100. The number of Topliss-reactive ketones (excluding diaryl/α,β-unsaturated/α-hetero) is 1. The highest BCUT2D eigenvalue weighted by atomic mass is 16.1. The van der Waals surface area contributed by atoms with Crippen molar-refractivity contribution in [2.45, 2.75) is 60.3 Å². The molecule has 0 aromatic rings. The van der Waals surface area contributed by atoms with Crippen LogP contribution >= 0.6 is 0 Å². The van der Waals surface area contributed by atoms with Crippen LogP contribution in [0.25, 0.3) is 0 Å². The summed E-state index contributed by atoms with van der Waals surface area (Å²) in [6.45, 7) is 10.6. The standard InChI is InChI=1S/C12H24O/c1-6-12(4,5)11(13)9-7-8-10(2)3/h10H,6-9H2,1-5H3. The van der Waals surface area contributed by atoms with E-state index in [1.165, 1.54) is 6.42 Å². The fourth-order valence-electron chi connectivity index (χ4n) is 1.21. The lowest BCUT2D eigenvalue weighted by molar-refractivity contribution is -0.127. The van der Waals surface area contributed by atoms with Crippen LogP contribution in [0.4, 0.5) is 0 Å². The van der Waals surface area contributed by atoms with Crippen LogP contribution in [-0.4, -0.2) is 5.78 Å². The molecule has 0 aromatic heterocycles. The van der Waals surface area contributed by atoms with Gasteiger partial charge >= 0.3 is 0 Å². The first-order valence-corrected chi connectivity index (χ1v) is 5.43. The molecule has 0 amide bonds. The van der Waals surface area contributed by atoms with Gasteiger partial charge in [0.2, 0.25) is 0 Å². The van der Waals surface area contributed by atoms with Gasteiger partial charge in [-0.15, -0.1) is 0 Å². The molecular weight excluding hydrogens is 160 g/mol. The predicted molar refractivity (Wildman–Crippen MR) is 57.8 cm³/mol. The molecule has 13 heavy (non-hydrogen) atoms. The second kappa shape index (κ2) is 5.41. The number of rotatable bonds is 6. The predicted octanol–water partition coefficient (Wildman–Crippen LogP) is 3.82. The second-order valence-electron chi connectivity index (χ2n) is 4.95. The molecule has 0 saturated carbocycles. The summed E-state index contributed by atoms with van der Waals surface area (Å²) in [5.74, 6) is 1.15. The van der Waals surface area contributed by atoms with E-state index in [1.54, 1.807) is 0 Å². The van der Waals surface area contributed by atoms with Crippen LogP contribution in [0.3, 0.4) is 0 Å². The lowest BCUT2D eigenvalue weighted by Gasteiger charge is -2.20. The number of carbonyl (C=O) groups excluding carboxylic acids is 1. The van der Waals surface area contributed by atoms with E-state index in [2.05, 4.69) is 20.8 Å². The smallest absolute Gasteiger partial charge is 0.138 e. The van der Waals surface area contributed by atoms with Crippen molar-refractivity contribution in [1.29, 1.82) is 0 Å². The zero-order chi connectivity index (χ0) is 10.5. The van der Waals surface area contributed by atoms with Gasteiger partial charge in [-0.3, -0.25) is 4.79 Å². The second-order valence-corrected chi connectivity index (χ2v) is 4.95. The van der Waals surface area contributed by atoms with Crippen molar-refractivity contribution in [3.05, 3.63) is 0 Å². The molecule has 0 saturated heterocycles. The minimum absolute atomic E-state index is 0.100. The van der Waals surface area contributed by atoms with Gasteiger partial charge in [0.25, 0.3) is 0 Å². The van der Waals surface area contributed by atoms with Crippen molar-refractivity contribution >= 4 is 5.78 Å². The third kappa shape index (κ3) is 5.07. The van der Waals surface area contributed by atoms with Crippen molar-refractivity contribution in [2.75, 3.05) is 0 Å². The Morgan fingerprint density at radius 3 is 2.23 bits per heavy atom. The molecule has 0 spiro atoms. The monoisotopic (exact) mass is 184 g/mol. The Balaban J connectivity index is 3.75. The van der Waals surface area contributed by atoms with Crippen LogP contribution in [0, 0.1) is 11.3 Å². The molecule has 0 aliphatic heterocycles. The Hall–Kier alpha value is -0.330. The van der Waals surface area contributed by atoms with E-state index in [0.717, 1.165) is 25.2 Å². The van der Waals surface area contributed by atoms with Gasteiger partial charge < -0.3 is 0 Å². The summed E-state index contributed by atoms with van der Waals surface area (Å²) in [6, 6.07) is 0. The molecular formula is C12H24O. The molecule has 0 radical (unpaired) electrons. The molecule has 0 aromatic carbocycles. The molecule has 0 fully saturated rings. The van der Waals surface area contributed by atoms with Crippen LogP contribution < -0.4 is 0 Å². The lowest BCUT2D eigenvalue weighted by atomic mass is 9.83. The minimum atomic E-state index is -0.100. The number of hydrogen-bond donors (Lipinski definition) is 0. The summed E-state index contributed by atoms with van der Waals surface area (Å²) < 4.78 is 0. The minimum Gasteiger partial charge on any atom is -0.299 e. The maximum absolute atomic E-state index is 11.7. The van der Waals surface area contributed by atoms with Gasteiger partial charge in [-0.05, 0) is 18.8 Å². The summed E-state index contributed by atoms with van der Waals surface area (Å²) >= 11 is 0. The van der Waals surface area contributed by atoms with Gasteiger partial charge in [0, 0.05) is 11.8 Å². The van der Waals surface area contributed by atoms with Crippen molar-refractivity contribution in [1.82, 2.24) is 0 Å². The van der Waals surface area contributed by atoms with Crippen LogP contribution in [-0.2, 0) is 4.79 Å². The highest BCUT2D eigenvalue weighted by molar-refractivity contribution is 5.83. The maximum Gasteiger partial charge on any atom is 0.138 e. The molecule has 0 atom stereocenters. The van der Waals surface area contributed by atoms with Crippen molar-refractivity contribution in [3.63, 3.8) is 0 Å². The van der Waals surface area contributed by atoms with Crippen LogP contribution in [0.5, 0.6) is 0 Å². The van der Waals surface area contributed by atoms with Gasteiger partial charge in [-0.1, -0.05) is 41.0 Å². The van der Waals surface area contributed by atoms with E-state index >= 15 is 0 Å². The van der Waals surface area contributed by atoms with Crippen molar-refractivity contribution in [3.8, 4) is 0 Å². The zero-order valence-corrected chi connectivity index (χ0v) is 9.81. The summed E-state index contributed by atoms with van der Waals surface area (Å²) in [7, 11) is 0. The van der Waals surface area contributed by atoms with Gasteiger partial charge in [0.15, 0.2) is 0 Å². The van der Waals surface area contributed by atoms with Crippen LogP contribution in [0.15, 0.2) is 0 Å². The van der Waals surface area contributed by atoms with Gasteiger partial charge in [0.1, 0.15) is 5.78 Å². The third-order valence-corrected chi connectivity index (χ3v) is 2.82. The lowest BCUT2D eigenvalue weighted by Crippen LogP contribution is -2.22. The Morgan fingerprint density at radius 1 is 1.31 bits per heavy atom. The summed E-state index contributed by atoms with van der Waals surface area (Å²) in [4.78, 5) is 11.7. The Kier molecular flexibility index (Phi) is 5.27. The van der Waals surface area contributed by atoms with Crippen LogP contribution in [0.1, 0.15) is 60.3 Å². The Bertz CT molecular complexity index is 157. The number of ketones is 1. The van der Waals surface area contributed by atoms with E-state index in [-0.39, 0.29) is 5.41 Å². The first-order chi connectivity index (χ1) is 5.90. The zero-order valence-electron chi connectivity index (χ0n) is 9.81. The average molecular weight is 184 g/mol. The largest absolute Gasteiger partial charge is 0.299 e. The summed E-state index contributed by atoms with van der Waals surface area (Å²) in [6.07, 6.45) is 3.94. The fourth-order valence-corrected chi connectivity index (χ4v) is 1.21. The first kappa shape index (κ1) is 12.7. The van der Waals surface area contributed by atoms with Crippen molar-refractivity contribution in [2.24, 2.45) is 11.3 Å². The average Bonchev–Trinajstić information content (AvgIpc) is 2.03. The Morgan fingerprint density at radius 2 is 1.85 bits per heavy atom. The number of hydrogen-bond acceptors (Lipinski definition) is 1. The molecule has 0 bridgehead atoms. The molecule has 0 unspecified atom stereocenters. The molecule has 1 nitrogen and oxygen atoms in total. The molecule has 0 heterocycles. The van der Waals surface area contributed by atoms with E-state index in [1.807, 2.05) is 13.8 Å². The third-order valence-electron chi connectivity index (χ3n) is 2.82. The van der Waals surface area contributed by atoms with Crippen molar-refractivity contribution < 1.29 is 4.79 Å². The SMILES string of the molecule is CCC(C)(C)C(=O)CCCC(C)C. The van der Waals surface area contributed by atoms with Gasteiger partial charge in [-0.25, -0.2) is 0 Å². The quantitative estimate of drug-likeness (QED) is 0.613. The highest BCUT2D eigenvalue weighted by Crippen LogP contribution is 2.24. The normalized spacial score (nSPS) is 12.2. The molecule has 78 valence electrons. The summed E-state index contributed by atoms with van der Waals surface area (Å²) in [5, 5.41) is 0. The van der Waals surface area contributed by atoms with E-state index in [4.69, 9.17) is 0 Å². The molecule has 1 heteroatoms. The highest BCUT2D eigenvalue weighted by Gasteiger charge is 2.23. The molecule has 0 aliphatic carbocycles. The van der Waals surface area contributed by atoms with E-state index in [9.17, 15) is 4.79 Å². The number of carbonyl (C=O) groups is 1.